The lowest BCUT2D eigenvalue weighted by Gasteiger charge is -2.32. The smallest absolute Gasteiger partial charge is 0.251 e. The van der Waals surface area contributed by atoms with E-state index in [1.807, 2.05) is 30.6 Å². The van der Waals surface area contributed by atoms with E-state index in [0.29, 0.717) is 17.5 Å². The third-order valence-corrected chi connectivity index (χ3v) is 4.93. The molecule has 0 spiro atoms. The highest BCUT2D eigenvalue weighted by molar-refractivity contribution is 5.48. The Morgan fingerprint density at radius 3 is 2.86 bits per heavy atom. The fourth-order valence-electron chi connectivity index (χ4n) is 3.57. The van der Waals surface area contributed by atoms with Crippen molar-refractivity contribution in [2.75, 3.05) is 25.5 Å². The summed E-state index contributed by atoms with van der Waals surface area (Å²) in [4.78, 5) is 34.9. The van der Waals surface area contributed by atoms with Gasteiger partial charge in [0.15, 0.2) is 5.82 Å². The Morgan fingerprint density at radius 1 is 1.25 bits per heavy atom. The predicted octanol–water partition coefficient (Wildman–Crippen LogP) is 2.04. The lowest BCUT2D eigenvalue weighted by atomic mass is 9.94. The molecule has 1 fully saturated rings. The molecule has 0 radical (unpaired) electrons. The number of hydrogen-bond donors (Lipinski definition) is 2. The Kier molecular flexibility index (Phi) is 5.38. The highest BCUT2D eigenvalue weighted by Gasteiger charge is 2.23. The van der Waals surface area contributed by atoms with Gasteiger partial charge >= 0.3 is 0 Å². The molecule has 1 aliphatic heterocycles. The first-order chi connectivity index (χ1) is 13.7. The molecule has 1 unspecified atom stereocenters. The first-order valence-electron chi connectivity index (χ1n) is 9.45. The Bertz CT molecular complexity index is 972. The molecular weight excluding hydrogens is 354 g/mol. The molecule has 0 aliphatic carbocycles. The number of aromatic amines is 1. The molecular formula is C20H23N7O. The highest BCUT2D eigenvalue weighted by atomic mass is 16.1. The number of aromatic nitrogens is 5. The van der Waals surface area contributed by atoms with E-state index in [1.165, 1.54) is 0 Å². The van der Waals surface area contributed by atoms with Crippen LogP contribution in [0.25, 0.3) is 11.5 Å². The molecule has 4 heterocycles. The lowest BCUT2D eigenvalue weighted by Crippen LogP contribution is -2.34. The average molecular weight is 377 g/mol. The van der Waals surface area contributed by atoms with Gasteiger partial charge in [-0.1, -0.05) is 6.07 Å². The number of likely N-dealkylation sites (tertiary alicyclic amines) is 1. The van der Waals surface area contributed by atoms with E-state index >= 15 is 0 Å². The molecule has 0 aromatic carbocycles. The molecule has 3 aromatic heterocycles. The second-order valence-corrected chi connectivity index (χ2v) is 6.97. The van der Waals surface area contributed by atoms with Gasteiger partial charge in [0.1, 0.15) is 5.69 Å². The number of nitrogens with zero attached hydrogens (tertiary/aromatic N) is 5. The Hall–Kier alpha value is -3.13. The van der Waals surface area contributed by atoms with E-state index in [4.69, 9.17) is 4.98 Å². The largest absolute Gasteiger partial charge is 0.357 e. The van der Waals surface area contributed by atoms with E-state index in [2.05, 4.69) is 30.2 Å². The van der Waals surface area contributed by atoms with Crippen LogP contribution in [0.5, 0.6) is 0 Å². The third-order valence-electron chi connectivity index (χ3n) is 4.93. The van der Waals surface area contributed by atoms with Crippen molar-refractivity contribution >= 4 is 5.95 Å². The molecule has 8 nitrogen and oxygen atoms in total. The average Bonchev–Trinajstić information content (AvgIpc) is 2.75. The van der Waals surface area contributed by atoms with Gasteiger partial charge in [0.05, 0.1) is 5.69 Å². The minimum absolute atomic E-state index is 0.140. The zero-order valence-corrected chi connectivity index (χ0v) is 15.8. The van der Waals surface area contributed by atoms with Crippen LogP contribution in [0.4, 0.5) is 5.95 Å². The van der Waals surface area contributed by atoms with Crippen LogP contribution in [0.3, 0.4) is 0 Å². The maximum Gasteiger partial charge on any atom is 0.251 e. The zero-order chi connectivity index (χ0) is 19.3. The van der Waals surface area contributed by atoms with Crippen LogP contribution in [0, 0.1) is 0 Å². The zero-order valence-electron chi connectivity index (χ0n) is 15.8. The van der Waals surface area contributed by atoms with Crippen molar-refractivity contribution in [2.45, 2.75) is 25.3 Å². The summed E-state index contributed by atoms with van der Waals surface area (Å²) < 4.78 is 0. The minimum atomic E-state index is -0.140. The summed E-state index contributed by atoms with van der Waals surface area (Å²) in [5.41, 5.74) is 2.44. The number of nitrogens with one attached hydrogen (secondary N) is 2. The van der Waals surface area contributed by atoms with E-state index < -0.39 is 0 Å². The topological polar surface area (TPSA) is 99.7 Å². The second-order valence-electron chi connectivity index (χ2n) is 6.97. The van der Waals surface area contributed by atoms with Crippen LogP contribution in [-0.4, -0.2) is 50.0 Å². The van der Waals surface area contributed by atoms with E-state index in [0.717, 1.165) is 43.7 Å². The van der Waals surface area contributed by atoms with Gasteiger partial charge in [-0.05, 0) is 31.5 Å². The van der Waals surface area contributed by atoms with Gasteiger partial charge in [0.2, 0.25) is 5.95 Å². The van der Waals surface area contributed by atoms with Crippen molar-refractivity contribution in [1.29, 1.82) is 0 Å². The summed E-state index contributed by atoms with van der Waals surface area (Å²) in [5.74, 6) is 1.36. The molecule has 0 bridgehead atoms. The summed E-state index contributed by atoms with van der Waals surface area (Å²) >= 11 is 0. The quantitative estimate of drug-likeness (QED) is 0.702. The Balaban J connectivity index is 1.51. The fourth-order valence-corrected chi connectivity index (χ4v) is 3.57. The van der Waals surface area contributed by atoms with Gasteiger partial charge in [-0.3, -0.25) is 14.7 Å². The molecule has 2 N–H and O–H groups in total. The monoisotopic (exact) mass is 377 g/mol. The normalized spacial score (nSPS) is 17.4. The molecule has 4 rings (SSSR count). The van der Waals surface area contributed by atoms with Crippen LogP contribution >= 0.6 is 0 Å². The maximum absolute atomic E-state index is 12.2. The molecule has 1 saturated heterocycles. The standard InChI is InChI=1S/C20H23N7O/c1-21-20-23-10-14(11-24-20)12-27-8-4-5-15(13-27)17-9-18(28)26-19(25-17)16-6-2-3-7-22-16/h2-3,6-7,9-11,15H,4-5,8,12-13H2,1H3,(H,21,23,24)(H,25,26,28). The molecule has 8 heteroatoms. The summed E-state index contributed by atoms with van der Waals surface area (Å²) in [6, 6.07) is 7.20. The SMILES string of the molecule is CNc1ncc(CN2CCCC(c3cc(=O)[nH]c(-c4ccccn4)n3)C2)cn1. The van der Waals surface area contributed by atoms with Crippen LogP contribution in [-0.2, 0) is 6.54 Å². The molecule has 0 amide bonds. The van der Waals surface area contributed by atoms with Crippen molar-refractivity contribution in [1.82, 2.24) is 29.8 Å². The van der Waals surface area contributed by atoms with Crippen LogP contribution < -0.4 is 10.9 Å². The highest BCUT2D eigenvalue weighted by Crippen LogP contribution is 2.26. The van der Waals surface area contributed by atoms with Crippen molar-refractivity contribution in [2.24, 2.45) is 0 Å². The second kappa shape index (κ2) is 8.26. The summed E-state index contributed by atoms with van der Waals surface area (Å²) in [5, 5.41) is 2.93. The first-order valence-corrected chi connectivity index (χ1v) is 9.45. The van der Waals surface area contributed by atoms with Gasteiger partial charge in [-0.15, -0.1) is 0 Å². The van der Waals surface area contributed by atoms with Gasteiger partial charge in [0, 0.05) is 56.3 Å². The van der Waals surface area contributed by atoms with Crippen molar-refractivity contribution in [3.63, 3.8) is 0 Å². The van der Waals surface area contributed by atoms with Crippen LogP contribution in [0.1, 0.15) is 30.0 Å². The minimum Gasteiger partial charge on any atom is -0.357 e. The number of rotatable bonds is 5. The van der Waals surface area contributed by atoms with Gasteiger partial charge in [-0.25, -0.2) is 15.0 Å². The first kappa shape index (κ1) is 18.2. The van der Waals surface area contributed by atoms with Gasteiger partial charge in [0.25, 0.3) is 5.56 Å². The third kappa shape index (κ3) is 4.23. The summed E-state index contributed by atoms with van der Waals surface area (Å²) in [6.07, 6.45) is 7.49. The molecule has 28 heavy (non-hydrogen) atoms. The number of H-pyrrole nitrogens is 1. The number of hydrogen-bond acceptors (Lipinski definition) is 7. The van der Waals surface area contributed by atoms with E-state index in [9.17, 15) is 4.79 Å². The van der Waals surface area contributed by atoms with Crippen molar-refractivity contribution < 1.29 is 0 Å². The van der Waals surface area contributed by atoms with Gasteiger partial charge < -0.3 is 10.3 Å². The van der Waals surface area contributed by atoms with E-state index in [-0.39, 0.29) is 11.5 Å². The molecule has 144 valence electrons. The molecule has 0 saturated carbocycles. The van der Waals surface area contributed by atoms with Crippen LogP contribution in [0.15, 0.2) is 47.7 Å². The number of anilines is 1. The summed E-state index contributed by atoms with van der Waals surface area (Å²) in [6.45, 7) is 2.66. The van der Waals surface area contributed by atoms with Crippen molar-refractivity contribution in [3.05, 3.63) is 64.5 Å². The molecule has 3 aromatic rings. The van der Waals surface area contributed by atoms with Crippen molar-refractivity contribution in [3.8, 4) is 11.5 Å². The fraction of sp³-hybridized carbons (Fsp3) is 0.350. The van der Waals surface area contributed by atoms with Crippen LogP contribution in [0.2, 0.25) is 0 Å². The number of piperidine rings is 1. The predicted molar refractivity (Wildman–Crippen MR) is 107 cm³/mol. The molecule has 1 atom stereocenters. The summed E-state index contributed by atoms with van der Waals surface area (Å²) in [7, 11) is 1.80. The Morgan fingerprint density at radius 2 is 2.11 bits per heavy atom. The molecule has 1 aliphatic rings. The van der Waals surface area contributed by atoms with E-state index in [1.54, 1.807) is 19.3 Å². The maximum atomic E-state index is 12.2. The number of pyridine rings is 1. The lowest BCUT2D eigenvalue weighted by molar-refractivity contribution is 0.198. The van der Waals surface area contributed by atoms with Gasteiger partial charge in [-0.2, -0.15) is 0 Å². The Labute approximate surface area is 163 Å².